The van der Waals surface area contributed by atoms with Crippen molar-refractivity contribution in [3.63, 3.8) is 0 Å². The molecule has 1 unspecified atom stereocenters. The highest BCUT2D eigenvalue weighted by Crippen LogP contribution is 2.32. The van der Waals surface area contributed by atoms with Crippen LogP contribution >= 0.6 is 11.8 Å². The molecule has 1 aliphatic carbocycles. The summed E-state index contributed by atoms with van der Waals surface area (Å²) in [6, 6.07) is 0. The van der Waals surface area contributed by atoms with Crippen LogP contribution in [0.3, 0.4) is 0 Å². The van der Waals surface area contributed by atoms with Crippen molar-refractivity contribution < 1.29 is 0 Å². The molecule has 2 aliphatic rings. The number of nitrogens with zero attached hydrogens (tertiary/aromatic N) is 1. The van der Waals surface area contributed by atoms with E-state index in [2.05, 4.69) is 24.2 Å². The maximum absolute atomic E-state index is 4.56. The van der Waals surface area contributed by atoms with Crippen molar-refractivity contribution in [1.29, 1.82) is 0 Å². The molecule has 1 saturated carbocycles. The molecule has 1 aliphatic heterocycles. The lowest BCUT2D eigenvalue weighted by Crippen LogP contribution is -2.21. The van der Waals surface area contributed by atoms with E-state index in [0.717, 1.165) is 30.2 Å². The SMILES string of the molecule is CC(C)CC1CN=C(NCCC2CC2)S1. The number of hydrogen-bond acceptors (Lipinski definition) is 3. The van der Waals surface area contributed by atoms with Gasteiger partial charge in [-0.15, -0.1) is 0 Å². The fourth-order valence-electron chi connectivity index (χ4n) is 1.95. The van der Waals surface area contributed by atoms with E-state index in [4.69, 9.17) is 0 Å². The number of nitrogens with one attached hydrogen (secondary N) is 1. The summed E-state index contributed by atoms with van der Waals surface area (Å²) < 4.78 is 0. The Morgan fingerprint density at radius 2 is 2.27 bits per heavy atom. The van der Waals surface area contributed by atoms with Crippen molar-refractivity contribution in [3.8, 4) is 0 Å². The van der Waals surface area contributed by atoms with Gasteiger partial charge in [-0.3, -0.25) is 4.99 Å². The third-order valence-electron chi connectivity index (χ3n) is 2.98. The molecule has 86 valence electrons. The molecule has 0 amide bonds. The van der Waals surface area contributed by atoms with E-state index < -0.39 is 0 Å². The lowest BCUT2D eigenvalue weighted by atomic mass is 10.1. The highest BCUT2D eigenvalue weighted by Gasteiger charge is 2.22. The summed E-state index contributed by atoms with van der Waals surface area (Å²) in [6.07, 6.45) is 5.55. The first-order valence-corrected chi connectivity index (χ1v) is 7.07. The normalized spacial score (nSPS) is 25.8. The van der Waals surface area contributed by atoms with Crippen LogP contribution in [0.25, 0.3) is 0 Å². The maximum atomic E-state index is 4.56. The van der Waals surface area contributed by atoms with E-state index in [9.17, 15) is 0 Å². The monoisotopic (exact) mass is 226 g/mol. The van der Waals surface area contributed by atoms with Gasteiger partial charge >= 0.3 is 0 Å². The van der Waals surface area contributed by atoms with Crippen LogP contribution in [0, 0.1) is 11.8 Å². The van der Waals surface area contributed by atoms with Gasteiger partial charge in [0.2, 0.25) is 0 Å². The molecule has 3 heteroatoms. The van der Waals surface area contributed by atoms with E-state index in [-0.39, 0.29) is 0 Å². The number of aliphatic imine (C=N–C) groups is 1. The van der Waals surface area contributed by atoms with Gasteiger partial charge in [-0.2, -0.15) is 0 Å². The Labute approximate surface area is 97.3 Å². The second-order valence-electron chi connectivity index (χ2n) is 5.17. The van der Waals surface area contributed by atoms with Crippen LogP contribution in [0.1, 0.15) is 39.5 Å². The summed E-state index contributed by atoms with van der Waals surface area (Å²) in [7, 11) is 0. The van der Waals surface area contributed by atoms with Crippen LogP contribution < -0.4 is 5.32 Å². The average Bonchev–Trinajstić information content (AvgIpc) is 2.88. The van der Waals surface area contributed by atoms with Gasteiger partial charge in [0.25, 0.3) is 0 Å². The Balaban J connectivity index is 1.58. The van der Waals surface area contributed by atoms with Crippen molar-refractivity contribution in [3.05, 3.63) is 0 Å². The van der Waals surface area contributed by atoms with Crippen LogP contribution in [-0.2, 0) is 0 Å². The van der Waals surface area contributed by atoms with Crippen LogP contribution in [0.2, 0.25) is 0 Å². The third-order valence-corrected chi connectivity index (χ3v) is 4.15. The molecule has 2 nitrogen and oxygen atoms in total. The van der Waals surface area contributed by atoms with Crippen molar-refractivity contribution in [2.75, 3.05) is 13.1 Å². The summed E-state index contributed by atoms with van der Waals surface area (Å²) in [5, 5.41) is 5.39. The molecule has 0 aromatic rings. The van der Waals surface area contributed by atoms with Crippen LogP contribution in [0.5, 0.6) is 0 Å². The molecule has 2 rings (SSSR count). The smallest absolute Gasteiger partial charge is 0.156 e. The molecule has 1 heterocycles. The van der Waals surface area contributed by atoms with E-state index >= 15 is 0 Å². The minimum absolute atomic E-state index is 0.730. The van der Waals surface area contributed by atoms with Crippen LogP contribution in [0.4, 0.5) is 0 Å². The van der Waals surface area contributed by atoms with Crippen LogP contribution in [0.15, 0.2) is 4.99 Å². The quantitative estimate of drug-likeness (QED) is 0.779. The Kier molecular flexibility index (Phi) is 3.95. The summed E-state index contributed by atoms with van der Waals surface area (Å²) in [5.41, 5.74) is 0. The standard InChI is InChI=1S/C12H22N2S/c1-9(2)7-11-8-14-12(15-11)13-6-5-10-3-4-10/h9-11H,3-8H2,1-2H3,(H,13,14). The molecule has 0 bridgehead atoms. The number of amidine groups is 1. The van der Waals surface area contributed by atoms with Crippen molar-refractivity contribution in [2.45, 2.75) is 44.8 Å². The van der Waals surface area contributed by atoms with Crippen molar-refractivity contribution in [2.24, 2.45) is 16.8 Å². The van der Waals surface area contributed by atoms with Gasteiger partial charge in [-0.05, 0) is 24.7 Å². The van der Waals surface area contributed by atoms with E-state index in [1.807, 2.05) is 11.8 Å². The number of thioether (sulfide) groups is 1. The van der Waals surface area contributed by atoms with Gasteiger partial charge in [0.15, 0.2) is 5.17 Å². The van der Waals surface area contributed by atoms with Crippen molar-refractivity contribution in [1.82, 2.24) is 5.32 Å². The highest BCUT2D eigenvalue weighted by atomic mass is 32.2. The minimum atomic E-state index is 0.730. The van der Waals surface area contributed by atoms with E-state index in [1.165, 1.54) is 30.9 Å². The highest BCUT2D eigenvalue weighted by molar-refractivity contribution is 8.14. The fraction of sp³-hybridized carbons (Fsp3) is 0.917. The van der Waals surface area contributed by atoms with E-state index in [0.29, 0.717) is 0 Å². The van der Waals surface area contributed by atoms with Gasteiger partial charge < -0.3 is 5.32 Å². The topological polar surface area (TPSA) is 24.4 Å². The minimum Gasteiger partial charge on any atom is -0.365 e. The lowest BCUT2D eigenvalue weighted by molar-refractivity contribution is 0.575. The first-order valence-electron chi connectivity index (χ1n) is 6.19. The van der Waals surface area contributed by atoms with Gasteiger partial charge in [0.1, 0.15) is 0 Å². The summed E-state index contributed by atoms with van der Waals surface area (Å²) in [6.45, 7) is 6.73. The Morgan fingerprint density at radius 3 is 2.93 bits per heavy atom. The predicted octanol–water partition coefficient (Wildman–Crippen LogP) is 2.89. The van der Waals surface area contributed by atoms with Gasteiger partial charge in [-0.1, -0.05) is 38.5 Å². The van der Waals surface area contributed by atoms with Gasteiger partial charge in [0.05, 0.1) is 6.54 Å². The summed E-state index contributed by atoms with van der Waals surface area (Å²) in [5.74, 6) is 1.82. The molecule has 1 N–H and O–H groups in total. The molecule has 0 saturated heterocycles. The molecule has 0 spiro atoms. The summed E-state index contributed by atoms with van der Waals surface area (Å²) in [4.78, 5) is 4.56. The first-order chi connectivity index (χ1) is 7.24. The fourth-order valence-corrected chi connectivity index (χ4v) is 3.23. The zero-order valence-electron chi connectivity index (χ0n) is 9.83. The Hall–Kier alpha value is -0.180. The second-order valence-corrected chi connectivity index (χ2v) is 6.46. The van der Waals surface area contributed by atoms with E-state index in [1.54, 1.807) is 0 Å². The number of rotatable bonds is 5. The van der Waals surface area contributed by atoms with Gasteiger partial charge in [-0.25, -0.2) is 0 Å². The zero-order chi connectivity index (χ0) is 10.7. The zero-order valence-corrected chi connectivity index (χ0v) is 10.6. The third kappa shape index (κ3) is 4.06. The number of hydrogen-bond donors (Lipinski definition) is 1. The molecular formula is C12H22N2S. The molecule has 0 aromatic carbocycles. The summed E-state index contributed by atoms with van der Waals surface area (Å²) >= 11 is 1.95. The Morgan fingerprint density at radius 1 is 1.47 bits per heavy atom. The molecular weight excluding hydrogens is 204 g/mol. The van der Waals surface area contributed by atoms with Crippen molar-refractivity contribution >= 4 is 16.9 Å². The van der Waals surface area contributed by atoms with Crippen LogP contribution in [-0.4, -0.2) is 23.5 Å². The average molecular weight is 226 g/mol. The molecule has 1 atom stereocenters. The largest absolute Gasteiger partial charge is 0.365 e. The lowest BCUT2D eigenvalue weighted by Gasteiger charge is -2.11. The molecule has 1 fully saturated rings. The Bertz CT molecular complexity index is 234. The molecule has 15 heavy (non-hydrogen) atoms. The molecule has 0 radical (unpaired) electrons. The molecule has 0 aromatic heterocycles. The second kappa shape index (κ2) is 5.24. The predicted molar refractivity (Wildman–Crippen MR) is 68.5 cm³/mol. The maximum Gasteiger partial charge on any atom is 0.156 e. The first kappa shape index (κ1) is 11.3. The van der Waals surface area contributed by atoms with Gasteiger partial charge in [0, 0.05) is 11.8 Å².